The molecule has 32 heavy (non-hydrogen) atoms. The summed E-state index contributed by atoms with van der Waals surface area (Å²) in [7, 11) is 1.61. The number of imidazole rings is 1. The van der Waals surface area contributed by atoms with Crippen LogP contribution in [0.25, 0.3) is 22.4 Å². The molecule has 0 aliphatic rings. The number of nitrogens with zero attached hydrogens (tertiary/aromatic N) is 4. The summed E-state index contributed by atoms with van der Waals surface area (Å²) in [4.78, 5) is 29.6. The number of aryl methyl sites for hydroxylation is 2. The first-order valence-corrected chi connectivity index (χ1v) is 10.6. The van der Waals surface area contributed by atoms with E-state index in [9.17, 15) is 9.59 Å². The van der Waals surface area contributed by atoms with Gasteiger partial charge in [-0.3, -0.25) is 19.0 Å². The molecule has 0 fully saturated rings. The number of para-hydroxylation sites is 2. The number of carbonyl (C=O) groups is 1. The molecule has 0 unspecified atom stereocenters. The van der Waals surface area contributed by atoms with E-state index in [0.29, 0.717) is 24.7 Å². The molecule has 0 saturated heterocycles. The van der Waals surface area contributed by atoms with Gasteiger partial charge in [-0.1, -0.05) is 19.1 Å². The highest BCUT2D eigenvalue weighted by atomic mass is 16.5. The first-order valence-electron chi connectivity index (χ1n) is 10.6. The Kier molecular flexibility index (Phi) is 6.34. The van der Waals surface area contributed by atoms with Crippen molar-refractivity contribution < 1.29 is 9.53 Å². The van der Waals surface area contributed by atoms with Crippen LogP contribution < -0.4 is 15.7 Å². The molecule has 2 aromatic heterocycles. The molecule has 2 heterocycles. The number of carbonyl (C=O) groups excluding carboxylic acids is 1. The third kappa shape index (κ3) is 4.41. The van der Waals surface area contributed by atoms with Crippen molar-refractivity contribution in [3.63, 3.8) is 0 Å². The zero-order valence-electron chi connectivity index (χ0n) is 18.2. The molecule has 0 aliphatic carbocycles. The first kappa shape index (κ1) is 21.4. The van der Waals surface area contributed by atoms with Crippen molar-refractivity contribution in [2.75, 3.05) is 7.11 Å². The molecule has 0 radical (unpaired) electrons. The van der Waals surface area contributed by atoms with Gasteiger partial charge in [0, 0.05) is 25.1 Å². The third-order valence-electron chi connectivity index (χ3n) is 5.27. The van der Waals surface area contributed by atoms with Crippen LogP contribution in [0, 0.1) is 0 Å². The van der Waals surface area contributed by atoms with E-state index in [2.05, 4.69) is 20.5 Å². The molecule has 0 bridgehead atoms. The van der Waals surface area contributed by atoms with E-state index in [4.69, 9.17) is 4.74 Å². The molecule has 9 heteroatoms. The number of methoxy groups -OCH3 is 1. The van der Waals surface area contributed by atoms with Crippen molar-refractivity contribution in [3.8, 4) is 17.1 Å². The minimum Gasteiger partial charge on any atom is -0.497 e. The Bertz CT molecular complexity index is 1270. The predicted molar refractivity (Wildman–Crippen MR) is 121 cm³/mol. The van der Waals surface area contributed by atoms with Gasteiger partial charge in [-0.05, 0) is 42.8 Å². The van der Waals surface area contributed by atoms with E-state index in [1.165, 1.54) is 0 Å². The number of nitrogens with one attached hydrogen (secondary N) is 2. The van der Waals surface area contributed by atoms with Gasteiger partial charge in [0.25, 0.3) is 0 Å². The number of fused-ring (bicyclic) bond motifs is 1. The van der Waals surface area contributed by atoms with E-state index in [1.54, 1.807) is 16.2 Å². The molecular formula is C23H26N6O3. The lowest BCUT2D eigenvalue weighted by Crippen LogP contribution is -2.28. The lowest BCUT2D eigenvalue weighted by molar-refractivity contribution is -0.121. The fourth-order valence-corrected chi connectivity index (χ4v) is 3.66. The van der Waals surface area contributed by atoms with Crippen molar-refractivity contribution in [1.29, 1.82) is 0 Å². The number of amides is 1. The van der Waals surface area contributed by atoms with Crippen LogP contribution in [-0.2, 0) is 24.4 Å². The molecule has 2 N–H and O–H groups in total. The molecule has 0 spiro atoms. The summed E-state index contributed by atoms with van der Waals surface area (Å²) in [5.41, 5.74) is 2.51. The molecule has 4 aromatic rings. The Balaban J connectivity index is 1.37. The average Bonchev–Trinajstić information content (AvgIpc) is 3.40. The van der Waals surface area contributed by atoms with Crippen molar-refractivity contribution in [1.82, 2.24) is 29.6 Å². The summed E-state index contributed by atoms with van der Waals surface area (Å²) >= 11 is 0. The zero-order chi connectivity index (χ0) is 22.5. The molecule has 0 atom stereocenters. The fourth-order valence-electron chi connectivity index (χ4n) is 3.66. The number of rotatable bonds is 9. The topological polar surface area (TPSA) is 107 Å². The molecule has 1 amide bonds. The largest absolute Gasteiger partial charge is 0.497 e. The van der Waals surface area contributed by atoms with Crippen LogP contribution in [0.3, 0.4) is 0 Å². The van der Waals surface area contributed by atoms with Gasteiger partial charge in [0.15, 0.2) is 5.82 Å². The standard InChI is InChI=1S/C23H26N6O3/c1-3-13-28-18-6-4-5-7-19(18)29(23(28)31)14-12-21(30)24-15-20-25-22(27-26-20)16-8-10-17(32-2)11-9-16/h4-11H,3,12-15H2,1-2H3,(H,24,30)(H,25,26,27). The number of aromatic amines is 1. The van der Waals surface area contributed by atoms with E-state index in [0.717, 1.165) is 28.8 Å². The van der Waals surface area contributed by atoms with Crippen molar-refractivity contribution in [2.24, 2.45) is 0 Å². The Labute approximate surface area is 185 Å². The Morgan fingerprint density at radius 1 is 1.06 bits per heavy atom. The number of aromatic nitrogens is 5. The number of ether oxygens (including phenoxy) is 1. The maximum atomic E-state index is 12.8. The molecule has 2 aromatic carbocycles. The van der Waals surface area contributed by atoms with Gasteiger partial charge in [0.2, 0.25) is 5.91 Å². The summed E-state index contributed by atoms with van der Waals surface area (Å²) < 4.78 is 8.59. The molecular weight excluding hydrogens is 408 g/mol. The maximum Gasteiger partial charge on any atom is 0.329 e. The van der Waals surface area contributed by atoms with Gasteiger partial charge in [0.1, 0.15) is 11.6 Å². The second-order valence-corrected chi connectivity index (χ2v) is 7.44. The Morgan fingerprint density at radius 2 is 1.75 bits per heavy atom. The predicted octanol–water partition coefficient (Wildman–Crippen LogP) is 2.71. The van der Waals surface area contributed by atoms with Crippen LogP contribution >= 0.6 is 0 Å². The van der Waals surface area contributed by atoms with Crippen LogP contribution in [0.2, 0.25) is 0 Å². The van der Waals surface area contributed by atoms with E-state index in [1.807, 2.05) is 55.5 Å². The van der Waals surface area contributed by atoms with E-state index >= 15 is 0 Å². The summed E-state index contributed by atoms with van der Waals surface area (Å²) in [6, 6.07) is 15.1. The highest BCUT2D eigenvalue weighted by Crippen LogP contribution is 2.19. The van der Waals surface area contributed by atoms with Crippen molar-refractivity contribution in [2.45, 2.75) is 39.4 Å². The molecule has 4 rings (SSSR count). The summed E-state index contributed by atoms with van der Waals surface area (Å²) in [6.07, 6.45) is 1.06. The maximum absolute atomic E-state index is 12.8. The fraction of sp³-hybridized carbons (Fsp3) is 0.304. The number of hydrogen-bond acceptors (Lipinski definition) is 5. The molecule has 0 saturated carbocycles. The zero-order valence-corrected chi connectivity index (χ0v) is 18.2. The molecule has 166 valence electrons. The minimum atomic E-state index is -0.161. The highest BCUT2D eigenvalue weighted by Gasteiger charge is 2.14. The number of hydrogen-bond donors (Lipinski definition) is 2. The summed E-state index contributed by atoms with van der Waals surface area (Å²) in [5, 5.41) is 9.89. The highest BCUT2D eigenvalue weighted by molar-refractivity contribution is 5.78. The van der Waals surface area contributed by atoms with Crippen molar-refractivity contribution >= 4 is 16.9 Å². The summed E-state index contributed by atoms with van der Waals surface area (Å²) in [6.45, 7) is 3.24. The average molecular weight is 435 g/mol. The monoisotopic (exact) mass is 434 g/mol. The smallest absolute Gasteiger partial charge is 0.329 e. The SMILES string of the molecule is CCCn1c(=O)n(CCC(=O)NCc2nc(-c3ccc(OC)cc3)n[nH]2)c2ccccc21. The quantitative estimate of drug-likeness (QED) is 0.421. The Morgan fingerprint density at radius 3 is 2.41 bits per heavy atom. The van der Waals surface area contributed by atoms with Crippen LogP contribution in [0.4, 0.5) is 0 Å². The second kappa shape index (κ2) is 9.51. The number of H-pyrrole nitrogens is 1. The van der Waals surface area contributed by atoms with Gasteiger partial charge < -0.3 is 10.1 Å². The first-order chi connectivity index (χ1) is 15.6. The van der Waals surface area contributed by atoms with Gasteiger partial charge >= 0.3 is 5.69 Å². The Hall–Kier alpha value is -3.88. The molecule has 0 aliphatic heterocycles. The van der Waals surface area contributed by atoms with E-state index in [-0.39, 0.29) is 24.6 Å². The lowest BCUT2D eigenvalue weighted by Gasteiger charge is -2.05. The van der Waals surface area contributed by atoms with Crippen LogP contribution in [0.5, 0.6) is 5.75 Å². The normalized spacial score (nSPS) is 11.1. The third-order valence-corrected chi connectivity index (χ3v) is 5.27. The number of benzene rings is 2. The van der Waals surface area contributed by atoms with Crippen molar-refractivity contribution in [3.05, 3.63) is 64.8 Å². The van der Waals surface area contributed by atoms with Crippen LogP contribution in [-0.4, -0.2) is 37.3 Å². The minimum absolute atomic E-state index is 0.0831. The summed E-state index contributed by atoms with van der Waals surface area (Å²) in [5.74, 6) is 1.70. The molecule has 9 nitrogen and oxygen atoms in total. The van der Waals surface area contributed by atoms with Gasteiger partial charge in [-0.2, -0.15) is 5.10 Å². The lowest BCUT2D eigenvalue weighted by atomic mass is 10.2. The van der Waals surface area contributed by atoms with Gasteiger partial charge in [-0.25, -0.2) is 9.78 Å². The second-order valence-electron chi connectivity index (χ2n) is 7.44. The van der Waals surface area contributed by atoms with Crippen LogP contribution in [0.1, 0.15) is 25.6 Å². The van der Waals surface area contributed by atoms with Gasteiger partial charge in [-0.15, -0.1) is 0 Å². The van der Waals surface area contributed by atoms with E-state index < -0.39 is 0 Å². The van der Waals surface area contributed by atoms with Gasteiger partial charge in [0.05, 0.1) is 24.7 Å². The van der Waals surface area contributed by atoms with Crippen LogP contribution in [0.15, 0.2) is 53.3 Å².